The number of amides is 1. The first-order valence-electron chi connectivity index (χ1n) is 8.25. The SMILES string of the molecule is O=C(c1cc(C2CC2)on1)N1CCC(O)(Cc2cccc(Cl)c2)C1. The van der Waals surface area contributed by atoms with Crippen LogP contribution in [0.1, 0.15) is 47.0 Å². The molecule has 1 aromatic carbocycles. The Morgan fingerprint density at radius 1 is 1.42 bits per heavy atom. The molecule has 1 aliphatic carbocycles. The number of nitrogens with zero attached hydrogens (tertiary/aromatic N) is 2. The van der Waals surface area contributed by atoms with E-state index in [1.807, 2.05) is 24.3 Å². The summed E-state index contributed by atoms with van der Waals surface area (Å²) in [5.74, 6) is 1.05. The van der Waals surface area contributed by atoms with Crippen molar-refractivity contribution < 1.29 is 14.4 Å². The van der Waals surface area contributed by atoms with Crippen molar-refractivity contribution in [3.8, 4) is 0 Å². The minimum absolute atomic E-state index is 0.173. The third kappa shape index (κ3) is 3.19. The van der Waals surface area contributed by atoms with Crippen LogP contribution in [0.15, 0.2) is 34.9 Å². The fourth-order valence-corrected chi connectivity index (χ4v) is 3.53. The van der Waals surface area contributed by atoms with Crippen molar-refractivity contribution in [1.29, 1.82) is 0 Å². The number of benzene rings is 1. The van der Waals surface area contributed by atoms with Crippen LogP contribution in [0.4, 0.5) is 0 Å². The molecule has 126 valence electrons. The van der Waals surface area contributed by atoms with E-state index in [1.54, 1.807) is 11.0 Å². The Hall–Kier alpha value is -1.85. The number of carbonyl (C=O) groups is 1. The fraction of sp³-hybridized carbons (Fsp3) is 0.444. The Morgan fingerprint density at radius 2 is 2.25 bits per heavy atom. The molecular formula is C18H19ClN2O3. The van der Waals surface area contributed by atoms with Gasteiger partial charge in [-0.25, -0.2) is 0 Å². The minimum Gasteiger partial charge on any atom is -0.388 e. The lowest BCUT2D eigenvalue weighted by molar-refractivity contribution is 0.0442. The summed E-state index contributed by atoms with van der Waals surface area (Å²) in [6.07, 6.45) is 3.22. The monoisotopic (exact) mass is 346 g/mol. The Labute approximate surface area is 145 Å². The third-order valence-electron chi connectivity index (χ3n) is 4.77. The summed E-state index contributed by atoms with van der Waals surface area (Å²) in [5, 5.41) is 15.4. The predicted molar refractivity (Wildman–Crippen MR) is 89.1 cm³/mol. The van der Waals surface area contributed by atoms with Gasteiger partial charge < -0.3 is 14.5 Å². The molecule has 1 amide bonds. The van der Waals surface area contributed by atoms with Crippen LogP contribution < -0.4 is 0 Å². The van der Waals surface area contributed by atoms with Crippen molar-refractivity contribution >= 4 is 17.5 Å². The van der Waals surface area contributed by atoms with E-state index in [4.69, 9.17) is 16.1 Å². The van der Waals surface area contributed by atoms with Crippen LogP contribution in [-0.2, 0) is 6.42 Å². The number of β-amino-alcohol motifs (C(OH)–C–C–N with tert-alkyl or cyclic N) is 1. The molecule has 1 unspecified atom stereocenters. The number of carbonyl (C=O) groups excluding carboxylic acids is 1. The van der Waals surface area contributed by atoms with Crippen LogP contribution in [-0.4, -0.2) is 39.8 Å². The zero-order chi connectivity index (χ0) is 16.7. The number of likely N-dealkylation sites (tertiary alicyclic amines) is 1. The van der Waals surface area contributed by atoms with Gasteiger partial charge in [0.05, 0.1) is 12.1 Å². The van der Waals surface area contributed by atoms with Gasteiger partial charge in [-0.1, -0.05) is 28.9 Å². The number of aromatic nitrogens is 1. The second-order valence-electron chi connectivity index (χ2n) is 6.90. The maximum atomic E-state index is 12.6. The topological polar surface area (TPSA) is 66.6 Å². The molecule has 2 fully saturated rings. The van der Waals surface area contributed by atoms with E-state index in [1.165, 1.54) is 0 Å². The van der Waals surface area contributed by atoms with Gasteiger partial charge in [-0.2, -0.15) is 0 Å². The number of hydrogen-bond acceptors (Lipinski definition) is 4. The van der Waals surface area contributed by atoms with Crippen LogP contribution in [0.2, 0.25) is 5.02 Å². The van der Waals surface area contributed by atoms with E-state index < -0.39 is 5.60 Å². The van der Waals surface area contributed by atoms with Crippen LogP contribution in [0.3, 0.4) is 0 Å². The molecular weight excluding hydrogens is 328 g/mol. The van der Waals surface area contributed by atoms with E-state index >= 15 is 0 Å². The normalized spacial score (nSPS) is 23.7. The van der Waals surface area contributed by atoms with Gasteiger partial charge in [0, 0.05) is 30.0 Å². The van der Waals surface area contributed by atoms with Crippen molar-refractivity contribution in [2.75, 3.05) is 13.1 Å². The van der Waals surface area contributed by atoms with Gasteiger partial charge in [-0.3, -0.25) is 4.79 Å². The van der Waals surface area contributed by atoms with Crippen LogP contribution in [0.5, 0.6) is 0 Å². The molecule has 0 bridgehead atoms. The molecule has 2 aliphatic rings. The van der Waals surface area contributed by atoms with Gasteiger partial charge in [-0.05, 0) is 37.0 Å². The molecule has 1 aromatic heterocycles. The lowest BCUT2D eigenvalue weighted by atomic mass is 9.94. The molecule has 2 heterocycles. The highest BCUT2D eigenvalue weighted by Gasteiger charge is 2.39. The number of aliphatic hydroxyl groups is 1. The summed E-state index contributed by atoms with van der Waals surface area (Å²) in [6.45, 7) is 0.811. The first kappa shape index (κ1) is 15.7. The second kappa shape index (κ2) is 5.90. The van der Waals surface area contributed by atoms with Gasteiger partial charge in [0.25, 0.3) is 5.91 Å². The van der Waals surface area contributed by atoms with E-state index in [-0.39, 0.29) is 5.91 Å². The molecule has 1 saturated carbocycles. The average molecular weight is 347 g/mol. The molecule has 4 rings (SSSR count). The third-order valence-corrected chi connectivity index (χ3v) is 5.00. The van der Waals surface area contributed by atoms with Crippen LogP contribution in [0, 0.1) is 0 Å². The molecule has 1 saturated heterocycles. The zero-order valence-corrected chi connectivity index (χ0v) is 14.0. The molecule has 1 aliphatic heterocycles. The van der Waals surface area contributed by atoms with Gasteiger partial charge >= 0.3 is 0 Å². The summed E-state index contributed by atoms with van der Waals surface area (Å²) in [7, 11) is 0. The van der Waals surface area contributed by atoms with E-state index in [0.29, 0.717) is 42.6 Å². The smallest absolute Gasteiger partial charge is 0.276 e. The molecule has 1 atom stereocenters. The van der Waals surface area contributed by atoms with Gasteiger partial charge in [-0.15, -0.1) is 0 Å². The van der Waals surface area contributed by atoms with Crippen LogP contribution >= 0.6 is 11.6 Å². The quantitative estimate of drug-likeness (QED) is 0.924. The Morgan fingerprint density at radius 3 is 3.00 bits per heavy atom. The Kier molecular flexibility index (Phi) is 3.85. The van der Waals surface area contributed by atoms with Crippen molar-refractivity contribution in [3.05, 3.63) is 52.4 Å². The highest BCUT2D eigenvalue weighted by molar-refractivity contribution is 6.30. The lowest BCUT2D eigenvalue weighted by Gasteiger charge is -2.23. The first-order valence-corrected chi connectivity index (χ1v) is 8.63. The van der Waals surface area contributed by atoms with Crippen molar-refractivity contribution in [2.45, 2.75) is 37.2 Å². The summed E-state index contributed by atoms with van der Waals surface area (Å²) in [5.41, 5.74) is 0.379. The second-order valence-corrected chi connectivity index (χ2v) is 7.33. The molecule has 0 radical (unpaired) electrons. The Balaban J connectivity index is 1.43. The van der Waals surface area contributed by atoms with E-state index in [2.05, 4.69) is 5.16 Å². The summed E-state index contributed by atoms with van der Waals surface area (Å²) < 4.78 is 5.26. The summed E-state index contributed by atoms with van der Waals surface area (Å²) in [6, 6.07) is 9.21. The number of halogens is 1. The standard InChI is InChI=1S/C18H19ClN2O3/c19-14-3-1-2-12(8-14)10-18(23)6-7-21(11-18)17(22)15-9-16(24-20-15)13-4-5-13/h1-3,8-9,13,23H,4-7,10-11H2. The van der Waals surface area contributed by atoms with E-state index in [0.717, 1.165) is 24.2 Å². The first-order chi connectivity index (χ1) is 11.5. The fourth-order valence-electron chi connectivity index (χ4n) is 3.31. The minimum atomic E-state index is -0.927. The molecule has 24 heavy (non-hydrogen) atoms. The molecule has 0 spiro atoms. The van der Waals surface area contributed by atoms with Crippen molar-refractivity contribution in [2.24, 2.45) is 0 Å². The van der Waals surface area contributed by atoms with Crippen molar-refractivity contribution in [1.82, 2.24) is 10.1 Å². The summed E-state index contributed by atoms with van der Waals surface area (Å²) >= 11 is 6.00. The predicted octanol–water partition coefficient (Wildman–Crippen LogP) is 3.03. The summed E-state index contributed by atoms with van der Waals surface area (Å²) in [4.78, 5) is 14.2. The maximum absolute atomic E-state index is 12.6. The average Bonchev–Trinajstić information content (AvgIpc) is 3.15. The van der Waals surface area contributed by atoms with Crippen LogP contribution in [0.25, 0.3) is 0 Å². The molecule has 1 N–H and O–H groups in total. The maximum Gasteiger partial charge on any atom is 0.276 e. The zero-order valence-electron chi connectivity index (χ0n) is 13.2. The Bertz CT molecular complexity index is 771. The van der Waals surface area contributed by atoms with Gasteiger partial charge in [0.15, 0.2) is 5.69 Å². The molecule has 6 heteroatoms. The number of hydrogen-bond donors (Lipinski definition) is 1. The molecule has 5 nitrogen and oxygen atoms in total. The highest BCUT2D eigenvalue weighted by atomic mass is 35.5. The molecule has 2 aromatic rings. The van der Waals surface area contributed by atoms with E-state index in [9.17, 15) is 9.90 Å². The van der Waals surface area contributed by atoms with Crippen molar-refractivity contribution in [3.63, 3.8) is 0 Å². The van der Waals surface area contributed by atoms with Gasteiger partial charge in [0.1, 0.15) is 5.76 Å². The lowest BCUT2D eigenvalue weighted by Crippen LogP contribution is -2.37. The number of rotatable bonds is 4. The highest BCUT2D eigenvalue weighted by Crippen LogP contribution is 2.40. The van der Waals surface area contributed by atoms with Gasteiger partial charge in [0.2, 0.25) is 0 Å². The largest absolute Gasteiger partial charge is 0.388 e.